The average molecular weight is 544 g/mol. The van der Waals surface area contributed by atoms with Gasteiger partial charge in [-0.15, -0.1) is 24.0 Å². The number of hydrogen-bond donors (Lipinski definition) is 3. The minimum absolute atomic E-state index is 0. The van der Waals surface area contributed by atoms with Crippen LogP contribution in [0.25, 0.3) is 0 Å². The molecule has 0 heterocycles. The largest absolute Gasteiger partial charge is 0.457 e. The van der Waals surface area contributed by atoms with Gasteiger partial charge in [0, 0.05) is 38.3 Å². The fraction of sp³-hybridized carbons (Fsp3) is 0.200. The van der Waals surface area contributed by atoms with Gasteiger partial charge in [0.25, 0.3) is 5.91 Å². The molecule has 0 saturated heterocycles. The number of carbonyl (C=O) groups is 1. The number of rotatable bonds is 8. The van der Waals surface area contributed by atoms with Crippen LogP contribution >= 0.6 is 24.0 Å². The Morgan fingerprint density at radius 3 is 2.44 bits per heavy atom. The minimum atomic E-state index is -0.0799. The van der Waals surface area contributed by atoms with E-state index in [1.807, 2.05) is 78.9 Å². The summed E-state index contributed by atoms with van der Waals surface area (Å²) in [6.45, 7) is 1.27. The van der Waals surface area contributed by atoms with Gasteiger partial charge in [0.1, 0.15) is 11.5 Å². The summed E-state index contributed by atoms with van der Waals surface area (Å²) < 4.78 is 6.02. The molecule has 0 aliphatic rings. The molecular weight excluding hydrogens is 515 g/mol. The standard InChI is InChI=1S/C25H28N4O2.HI/c1-26-24(30)20-11-8-9-19(17-20)15-16-28-25(27-2)29-18-21-10-6-7-14-23(21)31-22-12-4-3-5-13-22;/h3-14,17H,15-16,18H2,1-2H3,(H,26,30)(H2,27,28,29);1H. The molecule has 32 heavy (non-hydrogen) atoms. The lowest BCUT2D eigenvalue weighted by Gasteiger charge is -2.15. The summed E-state index contributed by atoms with van der Waals surface area (Å²) >= 11 is 0. The third-order valence-electron chi connectivity index (χ3n) is 4.74. The van der Waals surface area contributed by atoms with E-state index in [-0.39, 0.29) is 29.9 Å². The lowest BCUT2D eigenvalue weighted by Crippen LogP contribution is -2.37. The molecule has 0 aliphatic carbocycles. The summed E-state index contributed by atoms with van der Waals surface area (Å²) in [4.78, 5) is 16.1. The van der Waals surface area contributed by atoms with E-state index >= 15 is 0 Å². The number of halogens is 1. The smallest absolute Gasteiger partial charge is 0.251 e. The molecule has 0 spiro atoms. The zero-order valence-electron chi connectivity index (χ0n) is 18.3. The molecule has 7 heteroatoms. The summed E-state index contributed by atoms with van der Waals surface area (Å²) in [6, 6.07) is 25.3. The fourth-order valence-electron chi connectivity index (χ4n) is 3.10. The van der Waals surface area contributed by atoms with Crippen molar-refractivity contribution in [3.63, 3.8) is 0 Å². The van der Waals surface area contributed by atoms with Gasteiger partial charge in [0.15, 0.2) is 5.96 Å². The van der Waals surface area contributed by atoms with Gasteiger partial charge in [-0.1, -0.05) is 48.5 Å². The maximum absolute atomic E-state index is 11.8. The Morgan fingerprint density at radius 1 is 0.938 bits per heavy atom. The normalized spacial score (nSPS) is 10.6. The average Bonchev–Trinajstić information content (AvgIpc) is 2.82. The van der Waals surface area contributed by atoms with E-state index < -0.39 is 0 Å². The highest BCUT2D eigenvalue weighted by atomic mass is 127. The molecule has 0 radical (unpaired) electrons. The van der Waals surface area contributed by atoms with Gasteiger partial charge in [-0.05, 0) is 42.3 Å². The predicted octanol–water partition coefficient (Wildman–Crippen LogP) is 4.36. The van der Waals surface area contributed by atoms with Crippen molar-refractivity contribution < 1.29 is 9.53 Å². The molecule has 0 atom stereocenters. The monoisotopic (exact) mass is 544 g/mol. The Hall–Kier alpha value is -3.07. The number of benzene rings is 3. The molecule has 6 nitrogen and oxygen atoms in total. The summed E-state index contributed by atoms with van der Waals surface area (Å²) in [5.74, 6) is 2.24. The van der Waals surface area contributed by atoms with Gasteiger partial charge < -0.3 is 20.7 Å². The number of para-hydroxylation sites is 2. The highest BCUT2D eigenvalue weighted by Crippen LogP contribution is 2.24. The number of guanidine groups is 1. The van der Waals surface area contributed by atoms with Crippen molar-refractivity contribution in [2.75, 3.05) is 20.6 Å². The Bertz CT molecular complexity index is 1030. The molecule has 0 unspecified atom stereocenters. The van der Waals surface area contributed by atoms with Crippen molar-refractivity contribution in [1.29, 1.82) is 0 Å². The van der Waals surface area contributed by atoms with Gasteiger partial charge >= 0.3 is 0 Å². The zero-order valence-corrected chi connectivity index (χ0v) is 20.6. The third-order valence-corrected chi connectivity index (χ3v) is 4.74. The molecule has 3 rings (SSSR count). The second-order valence-electron chi connectivity index (χ2n) is 6.90. The van der Waals surface area contributed by atoms with Gasteiger partial charge in [-0.25, -0.2) is 0 Å². The first-order valence-corrected chi connectivity index (χ1v) is 10.3. The second kappa shape index (κ2) is 13.4. The van der Waals surface area contributed by atoms with E-state index in [0.717, 1.165) is 29.0 Å². The van der Waals surface area contributed by atoms with Crippen LogP contribution in [0.3, 0.4) is 0 Å². The molecule has 0 saturated carbocycles. The molecule has 3 aromatic carbocycles. The van der Waals surface area contributed by atoms with E-state index in [4.69, 9.17) is 4.74 Å². The molecule has 0 bridgehead atoms. The number of amides is 1. The fourth-order valence-corrected chi connectivity index (χ4v) is 3.10. The summed E-state index contributed by atoms with van der Waals surface area (Å²) in [5, 5.41) is 9.30. The number of aliphatic imine (C=N–C) groups is 1. The van der Waals surface area contributed by atoms with Crippen LogP contribution in [0, 0.1) is 0 Å². The summed E-state index contributed by atoms with van der Waals surface area (Å²) in [5.41, 5.74) is 2.79. The summed E-state index contributed by atoms with van der Waals surface area (Å²) in [7, 11) is 3.38. The van der Waals surface area contributed by atoms with Crippen LogP contribution in [0.4, 0.5) is 0 Å². The lowest BCUT2D eigenvalue weighted by molar-refractivity contribution is 0.0963. The second-order valence-corrected chi connectivity index (χ2v) is 6.90. The van der Waals surface area contributed by atoms with E-state index in [0.29, 0.717) is 24.6 Å². The third kappa shape index (κ3) is 7.56. The van der Waals surface area contributed by atoms with Crippen molar-refractivity contribution in [2.24, 2.45) is 4.99 Å². The molecular formula is C25H29IN4O2. The first-order chi connectivity index (χ1) is 15.2. The maximum atomic E-state index is 11.8. The van der Waals surface area contributed by atoms with Crippen LogP contribution in [0.5, 0.6) is 11.5 Å². The van der Waals surface area contributed by atoms with Crippen LogP contribution in [-0.2, 0) is 13.0 Å². The van der Waals surface area contributed by atoms with Gasteiger partial charge in [0.2, 0.25) is 0 Å². The SMILES string of the molecule is CN=C(NCCc1cccc(C(=O)NC)c1)NCc1ccccc1Oc1ccccc1.I. The number of ether oxygens (including phenoxy) is 1. The van der Waals surface area contributed by atoms with Crippen LogP contribution in [0.15, 0.2) is 83.9 Å². The van der Waals surface area contributed by atoms with Crippen molar-refractivity contribution >= 4 is 35.8 Å². The molecule has 3 N–H and O–H groups in total. The van der Waals surface area contributed by atoms with Crippen molar-refractivity contribution in [1.82, 2.24) is 16.0 Å². The van der Waals surface area contributed by atoms with Crippen LogP contribution in [-0.4, -0.2) is 32.5 Å². The molecule has 0 aliphatic heterocycles. The van der Waals surface area contributed by atoms with Crippen molar-refractivity contribution in [3.05, 3.63) is 95.6 Å². The molecule has 1 amide bonds. The van der Waals surface area contributed by atoms with E-state index in [1.54, 1.807) is 14.1 Å². The van der Waals surface area contributed by atoms with Crippen molar-refractivity contribution in [3.8, 4) is 11.5 Å². The van der Waals surface area contributed by atoms with Crippen LogP contribution in [0.2, 0.25) is 0 Å². The van der Waals surface area contributed by atoms with E-state index in [9.17, 15) is 4.79 Å². The number of nitrogens with zero attached hydrogens (tertiary/aromatic N) is 1. The topological polar surface area (TPSA) is 74.8 Å². The Balaban J connectivity index is 0.00000363. The summed E-state index contributed by atoms with van der Waals surface area (Å²) in [6.07, 6.45) is 0.777. The molecule has 3 aromatic rings. The van der Waals surface area contributed by atoms with Crippen LogP contribution < -0.4 is 20.7 Å². The van der Waals surface area contributed by atoms with Gasteiger partial charge in [0.05, 0.1) is 0 Å². The van der Waals surface area contributed by atoms with Gasteiger partial charge in [-0.2, -0.15) is 0 Å². The lowest BCUT2D eigenvalue weighted by atomic mass is 10.1. The Kier molecular flexibility index (Phi) is 10.5. The predicted molar refractivity (Wildman–Crippen MR) is 140 cm³/mol. The van der Waals surface area contributed by atoms with E-state index in [1.165, 1.54) is 0 Å². The first-order valence-electron chi connectivity index (χ1n) is 10.3. The number of nitrogens with one attached hydrogen (secondary N) is 3. The minimum Gasteiger partial charge on any atom is -0.457 e. The first kappa shape index (κ1) is 25.2. The van der Waals surface area contributed by atoms with Crippen molar-refractivity contribution in [2.45, 2.75) is 13.0 Å². The van der Waals surface area contributed by atoms with E-state index in [2.05, 4.69) is 20.9 Å². The molecule has 168 valence electrons. The van der Waals surface area contributed by atoms with Gasteiger partial charge in [-0.3, -0.25) is 9.79 Å². The number of hydrogen-bond acceptors (Lipinski definition) is 3. The zero-order chi connectivity index (χ0) is 21.9. The Morgan fingerprint density at radius 2 is 1.69 bits per heavy atom. The highest BCUT2D eigenvalue weighted by Gasteiger charge is 2.07. The quantitative estimate of drug-likeness (QED) is 0.224. The Labute approximate surface area is 206 Å². The molecule has 0 aromatic heterocycles. The highest BCUT2D eigenvalue weighted by molar-refractivity contribution is 14.0. The van der Waals surface area contributed by atoms with Crippen LogP contribution in [0.1, 0.15) is 21.5 Å². The maximum Gasteiger partial charge on any atom is 0.251 e. The number of carbonyl (C=O) groups excluding carboxylic acids is 1. The molecule has 0 fully saturated rings.